The highest BCUT2D eigenvalue weighted by Crippen LogP contribution is 2.27. The molecule has 2 aromatic heterocycles. The van der Waals surface area contributed by atoms with E-state index < -0.39 is 0 Å². The molecule has 0 aliphatic carbocycles. The molecule has 4 rings (SSSR count). The van der Waals surface area contributed by atoms with Gasteiger partial charge in [0, 0.05) is 46.0 Å². The van der Waals surface area contributed by atoms with Crippen molar-refractivity contribution in [1.82, 2.24) is 24.6 Å². The maximum atomic E-state index is 13.0. The van der Waals surface area contributed by atoms with Gasteiger partial charge in [0.25, 0.3) is 11.8 Å². The lowest BCUT2D eigenvalue weighted by Crippen LogP contribution is -2.44. The number of hydrogen-bond donors (Lipinski definition) is 0. The van der Waals surface area contributed by atoms with E-state index in [1.165, 1.54) is 0 Å². The smallest absolute Gasteiger partial charge is 0.261 e. The van der Waals surface area contributed by atoms with Gasteiger partial charge in [-0.1, -0.05) is 0 Å². The average Bonchev–Trinajstić information content (AvgIpc) is 3.12. The minimum atomic E-state index is -0.120. The maximum absolute atomic E-state index is 13.0. The molecule has 1 saturated heterocycles. The zero-order chi connectivity index (χ0) is 18.8. The van der Waals surface area contributed by atoms with E-state index in [1.54, 1.807) is 23.3 Å². The molecule has 1 fully saturated rings. The summed E-state index contributed by atoms with van der Waals surface area (Å²) in [5.41, 5.74) is 0.531. The molecule has 0 bridgehead atoms. The zero-order valence-corrected chi connectivity index (χ0v) is 15.7. The van der Waals surface area contributed by atoms with E-state index in [9.17, 15) is 4.79 Å². The third kappa shape index (κ3) is 3.54. The summed E-state index contributed by atoms with van der Waals surface area (Å²) >= 11 is 0. The number of nitrogens with zero attached hydrogens (tertiary/aromatic N) is 6. The maximum Gasteiger partial charge on any atom is 0.261 e. The molecule has 9 heteroatoms. The molecule has 0 radical (unpaired) electrons. The van der Waals surface area contributed by atoms with Gasteiger partial charge in [-0.3, -0.25) is 4.79 Å². The zero-order valence-electron chi connectivity index (χ0n) is 15.7. The molecule has 4 heterocycles. The Labute approximate surface area is 157 Å². The molecule has 27 heavy (non-hydrogen) atoms. The quantitative estimate of drug-likeness (QED) is 0.797. The molecule has 2 aliphatic rings. The van der Waals surface area contributed by atoms with Crippen LogP contribution in [0.4, 0.5) is 5.82 Å². The number of rotatable bonds is 4. The van der Waals surface area contributed by atoms with Crippen LogP contribution in [0.1, 0.15) is 29.6 Å². The van der Waals surface area contributed by atoms with Crippen LogP contribution in [-0.2, 0) is 6.54 Å². The van der Waals surface area contributed by atoms with Crippen molar-refractivity contribution >= 4 is 11.7 Å². The van der Waals surface area contributed by atoms with Crippen molar-refractivity contribution in [3.05, 3.63) is 24.2 Å². The molecule has 0 N–H and O–H groups in total. The third-order valence-electron chi connectivity index (χ3n) is 4.79. The van der Waals surface area contributed by atoms with E-state index in [1.807, 2.05) is 23.9 Å². The Morgan fingerprint density at radius 3 is 2.96 bits per heavy atom. The van der Waals surface area contributed by atoms with Crippen LogP contribution >= 0.6 is 0 Å². The Kier molecular flexibility index (Phi) is 4.83. The van der Waals surface area contributed by atoms with Gasteiger partial charge in [-0.05, 0) is 12.8 Å². The molecule has 0 spiro atoms. The standard InChI is InChI=1S/C18H24N6O3/c1-22(2)15-16(20-7-6-19-15)27-13-5-3-8-23(12-13)17(25)14-11-21-24-9-4-10-26-18(14)24/h6-7,11,13H,3-5,8-10,12H2,1-2H3. The molecule has 144 valence electrons. The number of amides is 1. The van der Waals surface area contributed by atoms with Gasteiger partial charge in [0.15, 0.2) is 5.82 Å². The number of ether oxygens (including phenoxy) is 2. The minimum Gasteiger partial charge on any atom is -0.477 e. The Hall–Kier alpha value is -2.84. The van der Waals surface area contributed by atoms with Crippen molar-refractivity contribution in [3.63, 3.8) is 0 Å². The van der Waals surface area contributed by atoms with Gasteiger partial charge >= 0.3 is 0 Å². The molecule has 9 nitrogen and oxygen atoms in total. The summed E-state index contributed by atoms with van der Waals surface area (Å²) in [6, 6.07) is 0. The lowest BCUT2D eigenvalue weighted by atomic mass is 10.1. The van der Waals surface area contributed by atoms with E-state index in [0.717, 1.165) is 25.8 Å². The van der Waals surface area contributed by atoms with E-state index in [2.05, 4.69) is 15.1 Å². The number of fused-ring (bicyclic) bond motifs is 1. The lowest BCUT2D eigenvalue weighted by Gasteiger charge is -2.33. The fourth-order valence-corrected chi connectivity index (χ4v) is 3.47. The van der Waals surface area contributed by atoms with E-state index in [-0.39, 0.29) is 12.0 Å². The summed E-state index contributed by atoms with van der Waals surface area (Å²) in [5.74, 6) is 1.70. The summed E-state index contributed by atoms with van der Waals surface area (Å²) in [6.45, 7) is 2.61. The van der Waals surface area contributed by atoms with Gasteiger partial charge in [-0.25, -0.2) is 14.6 Å². The Morgan fingerprint density at radius 2 is 2.11 bits per heavy atom. The van der Waals surface area contributed by atoms with Crippen LogP contribution in [0.3, 0.4) is 0 Å². The highest BCUT2D eigenvalue weighted by atomic mass is 16.5. The van der Waals surface area contributed by atoms with Crippen LogP contribution in [0.5, 0.6) is 11.8 Å². The van der Waals surface area contributed by atoms with Gasteiger partial charge in [0.05, 0.1) is 19.3 Å². The summed E-state index contributed by atoms with van der Waals surface area (Å²) in [4.78, 5) is 25.3. The van der Waals surface area contributed by atoms with Gasteiger partial charge in [-0.2, -0.15) is 5.10 Å². The van der Waals surface area contributed by atoms with Crippen molar-refractivity contribution in [2.75, 3.05) is 38.7 Å². The summed E-state index contributed by atoms with van der Waals surface area (Å²) in [6.07, 6.45) is 7.40. The van der Waals surface area contributed by atoms with Crippen molar-refractivity contribution in [2.45, 2.75) is 31.9 Å². The molecule has 2 aromatic rings. The van der Waals surface area contributed by atoms with Crippen molar-refractivity contribution < 1.29 is 14.3 Å². The van der Waals surface area contributed by atoms with E-state index in [0.29, 0.717) is 42.8 Å². The fraction of sp³-hybridized carbons (Fsp3) is 0.556. The van der Waals surface area contributed by atoms with Crippen LogP contribution in [0.15, 0.2) is 18.6 Å². The first-order valence-corrected chi connectivity index (χ1v) is 9.26. The largest absolute Gasteiger partial charge is 0.477 e. The number of hydrogen-bond acceptors (Lipinski definition) is 7. The second-order valence-electron chi connectivity index (χ2n) is 7.00. The summed E-state index contributed by atoms with van der Waals surface area (Å²) in [5, 5.41) is 4.28. The van der Waals surface area contributed by atoms with E-state index in [4.69, 9.17) is 9.47 Å². The fourth-order valence-electron chi connectivity index (χ4n) is 3.47. The molecular formula is C18H24N6O3. The Balaban J connectivity index is 1.47. The molecule has 1 amide bonds. The van der Waals surface area contributed by atoms with Crippen LogP contribution in [0.2, 0.25) is 0 Å². The van der Waals surface area contributed by atoms with Gasteiger partial charge in [0.1, 0.15) is 11.7 Å². The minimum absolute atomic E-state index is 0.0570. The second-order valence-corrected chi connectivity index (χ2v) is 7.00. The molecule has 0 saturated carbocycles. The topological polar surface area (TPSA) is 85.6 Å². The molecule has 0 aromatic carbocycles. The summed E-state index contributed by atoms with van der Waals surface area (Å²) in [7, 11) is 3.80. The number of aryl methyl sites for hydroxylation is 1. The molecule has 1 unspecified atom stereocenters. The molecule has 2 aliphatic heterocycles. The van der Waals surface area contributed by atoms with Gasteiger partial charge in [-0.15, -0.1) is 0 Å². The van der Waals surface area contributed by atoms with Gasteiger partial charge in [0.2, 0.25) is 5.88 Å². The summed E-state index contributed by atoms with van der Waals surface area (Å²) < 4.78 is 13.5. The normalized spacial score (nSPS) is 19.2. The molecule has 1 atom stereocenters. The van der Waals surface area contributed by atoms with E-state index >= 15 is 0 Å². The van der Waals surface area contributed by atoms with Gasteiger partial charge < -0.3 is 19.3 Å². The number of carbonyl (C=O) groups excluding carboxylic acids is 1. The highest BCUT2D eigenvalue weighted by Gasteiger charge is 2.30. The van der Waals surface area contributed by atoms with Crippen LogP contribution in [0, 0.1) is 0 Å². The van der Waals surface area contributed by atoms with Crippen molar-refractivity contribution in [2.24, 2.45) is 0 Å². The van der Waals surface area contributed by atoms with Crippen molar-refractivity contribution in [3.8, 4) is 11.8 Å². The predicted molar refractivity (Wildman–Crippen MR) is 98.3 cm³/mol. The number of carbonyl (C=O) groups is 1. The number of piperidine rings is 1. The molecular weight excluding hydrogens is 348 g/mol. The third-order valence-corrected chi connectivity index (χ3v) is 4.79. The average molecular weight is 372 g/mol. The number of likely N-dealkylation sites (tertiary alicyclic amines) is 1. The lowest BCUT2D eigenvalue weighted by molar-refractivity contribution is 0.0523. The predicted octanol–water partition coefficient (Wildman–Crippen LogP) is 1.21. The first kappa shape index (κ1) is 17.6. The van der Waals surface area contributed by atoms with Crippen LogP contribution in [-0.4, -0.2) is 70.5 Å². The Morgan fingerprint density at radius 1 is 1.26 bits per heavy atom. The first-order chi connectivity index (χ1) is 13.1. The number of aromatic nitrogens is 4. The second kappa shape index (κ2) is 7.42. The van der Waals surface area contributed by atoms with Crippen LogP contribution in [0.25, 0.3) is 0 Å². The monoisotopic (exact) mass is 372 g/mol. The Bertz CT molecular complexity index is 821. The first-order valence-electron chi connectivity index (χ1n) is 9.26. The van der Waals surface area contributed by atoms with Crippen LogP contribution < -0.4 is 14.4 Å². The SMILES string of the molecule is CN(C)c1nccnc1OC1CCCN(C(=O)c2cnn3c2OCCC3)C1. The highest BCUT2D eigenvalue weighted by molar-refractivity contribution is 5.96. The van der Waals surface area contributed by atoms with Crippen molar-refractivity contribution in [1.29, 1.82) is 0 Å². The number of anilines is 1.